The molecule has 4 aromatic heterocycles. The zero-order valence-corrected chi connectivity index (χ0v) is 15.8. The molecule has 4 aromatic rings. The number of fused-ring (bicyclic) bond motifs is 1. The van der Waals surface area contributed by atoms with Crippen molar-refractivity contribution in [3.05, 3.63) is 53.1 Å². The van der Waals surface area contributed by atoms with E-state index in [1.807, 2.05) is 46.0 Å². The number of anilines is 1. The van der Waals surface area contributed by atoms with E-state index >= 15 is 0 Å². The Morgan fingerprint density at radius 3 is 3.07 bits per heavy atom. The quantitative estimate of drug-likeness (QED) is 0.560. The standard InChI is InChI=1S/C19H18N6O2S/c26-19(20-11-14-3-2-9-27-14)15-4-1-8-24(15)17-6-5-16-21-22-18(25(16)23-17)13-7-10-28-12-13/h2-3,5-7,9-10,12,15H,1,4,8,11H2,(H,20,26). The largest absolute Gasteiger partial charge is 0.467 e. The van der Waals surface area contributed by atoms with Crippen LogP contribution in [-0.4, -0.2) is 38.3 Å². The summed E-state index contributed by atoms with van der Waals surface area (Å²) in [7, 11) is 0. The second-order valence-corrected chi connectivity index (χ2v) is 7.43. The van der Waals surface area contributed by atoms with E-state index in [1.165, 1.54) is 0 Å². The van der Waals surface area contributed by atoms with Crippen LogP contribution in [0, 0.1) is 0 Å². The fourth-order valence-corrected chi connectivity index (χ4v) is 4.16. The van der Waals surface area contributed by atoms with Crippen molar-refractivity contribution < 1.29 is 9.21 Å². The molecule has 1 aliphatic heterocycles. The number of rotatable bonds is 5. The molecule has 1 N–H and O–H groups in total. The molecular weight excluding hydrogens is 376 g/mol. The number of nitrogens with one attached hydrogen (secondary N) is 1. The summed E-state index contributed by atoms with van der Waals surface area (Å²) in [6.07, 6.45) is 3.34. The van der Waals surface area contributed by atoms with Gasteiger partial charge in [0.05, 0.1) is 12.8 Å². The summed E-state index contributed by atoms with van der Waals surface area (Å²) in [5, 5.41) is 20.2. The molecule has 1 saturated heterocycles. The molecule has 1 unspecified atom stereocenters. The summed E-state index contributed by atoms with van der Waals surface area (Å²) in [5.74, 6) is 2.18. The van der Waals surface area contributed by atoms with Crippen LogP contribution >= 0.6 is 11.3 Å². The van der Waals surface area contributed by atoms with Gasteiger partial charge in [-0.2, -0.15) is 15.9 Å². The molecule has 8 nitrogen and oxygen atoms in total. The molecule has 5 rings (SSSR count). The second-order valence-electron chi connectivity index (χ2n) is 6.65. The number of nitrogens with zero attached hydrogens (tertiary/aromatic N) is 5. The monoisotopic (exact) mass is 394 g/mol. The van der Waals surface area contributed by atoms with Gasteiger partial charge in [-0.05, 0) is 48.6 Å². The van der Waals surface area contributed by atoms with Gasteiger partial charge in [0, 0.05) is 17.5 Å². The molecule has 28 heavy (non-hydrogen) atoms. The lowest BCUT2D eigenvalue weighted by Gasteiger charge is -2.24. The summed E-state index contributed by atoms with van der Waals surface area (Å²) in [6.45, 7) is 1.17. The number of carbonyl (C=O) groups excluding carboxylic acids is 1. The Hall–Kier alpha value is -3.20. The average molecular weight is 394 g/mol. The van der Waals surface area contributed by atoms with E-state index in [0.717, 1.165) is 36.5 Å². The van der Waals surface area contributed by atoms with Crippen LogP contribution in [0.5, 0.6) is 0 Å². The van der Waals surface area contributed by atoms with Crippen molar-refractivity contribution in [2.75, 3.05) is 11.4 Å². The Bertz CT molecular complexity index is 1090. The van der Waals surface area contributed by atoms with Crippen molar-refractivity contribution in [3.8, 4) is 11.4 Å². The summed E-state index contributed by atoms with van der Waals surface area (Å²) >= 11 is 1.60. The zero-order valence-electron chi connectivity index (χ0n) is 15.0. The molecule has 1 amide bonds. The first-order chi connectivity index (χ1) is 13.8. The maximum Gasteiger partial charge on any atom is 0.243 e. The van der Waals surface area contributed by atoms with Gasteiger partial charge in [-0.3, -0.25) is 4.79 Å². The molecule has 142 valence electrons. The first-order valence-corrected chi connectivity index (χ1v) is 10.1. The molecule has 1 atom stereocenters. The minimum Gasteiger partial charge on any atom is -0.467 e. The third-order valence-electron chi connectivity index (χ3n) is 4.89. The minimum absolute atomic E-state index is 0.0161. The van der Waals surface area contributed by atoms with Crippen LogP contribution < -0.4 is 10.2 Å². The van der Waals surface area contributed by atoms with Gasteiger partial charge in [0.15, 0.2) is 11.5 Å². The SMILES string of the molecule is O=C(NCc1ccco1)C1CCCN1c1ccc2nnc(-c3ccsc3)n2n1. The maximum absolute atomic E-state index is 12.7. The molecule has 1 fully saturated rings. The predicted octanol–water partition coefficient (Wildman–Crippen LogP) is 2.73. The normalized spacial score (nSPS) is 16.7. The molecule has 0 radical (unpaired) electrons. The number of furan rings is 1. The van der Waals surface area contributed by atoms with Crippen molar-refractivity contribution in [2.24, 2.45) is 0 Å². The Morgan fingerprint density at radius 2 is 2.25 bits per heavy atom. The summed E-state index contributed by atoms with van der Waals surface area (Å²) in [4.78, 5) is 14.8. The highest BCUT2D eigenvalue weighted by molar-refractivity contribution is 7.08. The Morgan fingerprint density at radius 1 is 1.29 bits per heavy atom. The number of aromatic nitrogens is 4. The predicted molar refractivity (Wildman–Crippen MR) is 105 cm³/mol. The molecule has 0 saturated carbocycles. The third kappa shape index (κ3) is 3.03. The van der Waals surface area contributed by atoms with Gasteiger partial charge in [-0.15, -0.1) is 15.3 Å². The third-order valence-corrected chi connectivity index (χ3v) is 5.58. The van der Waals surface area contributed by atoms with Crippen molar-refractivity contribution >= 4 is 28.7 Å². The Balaban J connectivity index is 1.40. The smallest absolute Gasteiger partial charge is 0.243 e. The lowest BCUT2D eigenvalue weighted by Crippen LogP contribution is -2.43. The number of hydrogen-bond donors (Lipinski definition) is 1. The van der Waals surface area contributed by atoms with E-state index in [2.05, 4.69) is 15.5 Å². The van der Waals surface area contributed by atoms with Gasteiger partial charge in [0.25, 0.3) is 0 Å². The molecule has 1 aliphatic rings. The molecule has 0 bridgehead atoms. The number of thiophene rings is 1. The lowest BCUT2D eigenvalue weighted by atomic mass is 10.2. The summed E-state index contributed by atoms with van der Waals surface area (Å²) in [6, 6.07) is 9.20. The van der Waals surface area contributed by atoms with E-state index in [0.29, 0.717) is 18.0 Å². The van der Waals surface area contributed by atoms with E-state index < -0.39 is 0 Å². The van der Waals surface area contributed by atoms with Crippen LogP contribution in [0.15, 0.2) is 51.8 Å². The van der Waals surface area contributed by atoms with E-state index in [4.69, 9.17) is 9.52 Å². The highest BCUT2D eigenvalue weighted by atomic mass is 32.1. The first kappa shape index (κ1) is 16.9. The molecule has 0 aliphatic carbocycles. The van der Waals surface area contributed by atoms with Gasteiger partial charge >= 0.3 is 0 Å². The van der Waals surface area contributed by atoms with Crippen LogP contribution in [0.1, 0.15) is 18.6 Å². The van der Waals surface area contributed by atoms with Crippen LogP contribution in [0.3, 0.4) is 0 Å². The highest BCUT2D eigenvalue weighted by Crippen LogP contribution is 2.26. The minimum atomic E-state index is -0.249. The Labute approximate surface area is 164 Å². The van der Waals surface area contributed by atoms with Crippen molar-refractivity contribution in [3.63, 3.8) is 0 Å². The van der Waals surface area contributed by atoms with Gasteiger partial charge in [-0.1, -0.05) is 0 Å². The fourth-order valence-electron chi connectivity index (χ4n) is 3.52. The highest BCUT2D eigenvalue weighted by Gasteiger charge is 2.32. The van der Waals surface area contributed by atoms with Gasteiger partial charge in [0.1, 0.15) is 17.6 Å². The van der Waals surface area contributed by atoms with Crippen LogP contribution in [0.4, 0.5) is 5.82 Å². The summed E-state index contributed by atoms with van der Waals surface area (Å²) < 4.78 is 7.03. The molecular formula is C19H18N6O2S. The molecule has 9 heteroatoms. The number of carbonyl (C=O) groups is 1. The van der Waals surface area contributed by atoms with Crippen molar-refractivity contribution in [1.82, 2.24) is 25.1 Å². The summed E-state index contributed by atoms with van der Waals surface area (Å²) in [5.41, 5.74) is 1.67. The van der Waals surface area contributed by atoms with Crippen LogP contribution in [-0.2, 0) is 11.3 Å². The lowest BCUT2D eigenvalue weighted by molar-refractivity contribution is -0.122. The molecule has 5 heterocycles. The molecule has 0 spiro atoms. The van der Waals surface area contributed by atoms with Crippen LogP contribution in [0.2, 0.25) is 0 Å². The zero-order chi connectivity index (χ0) is 18.9. The van der Waals surface area contributed by atoms with Gasteiger partial charge in [0.2, 0.25) is 5.91 Å². The van der Waals surface area contributed by atoms with Crippen LogP contribution in [0.25, 0.3) is 17.0 Å². The van der Waals surface area contributed by atoms with Crippen molar-refractivity contribution in [1.29, 1.82) is 0 Å². The Kier molecular flexibility index (Phi) is 4.28. The molecule has 0 aromatic carbocycles. The topological polar surface area (TPSA) is 88.6 Å². The van der Waals surface area contributed by atoms with E-state index in [-0.39, 0.29) is 11.9 Å². The first-order valence-electron chi connectivity index (χ1n) is 9.11. The van der Waals surface area contributed by atoms with E-state index in [9.17, 15) is 4.79 Å². The maximum atomic E-state index is 12.7. The van der Waals surface area contributed by atoms with Crippen molar-refractivity contribution in [2.45, 2.75) is 25.4 Å². The average Bonchev–Trinajstić information content (AvgIpc) is 3.51. The number of amides is 1. The fraction of sp³-hybridized carbons (Fsp3) is 0.263. The number of hydrogen-bond acceptors (Lipinski definition) is 7. The van der Waals surface area contributed by atoms with Gasteiger partial charge < -0.3 is 14.6 Å². The van der Waals surface area contributed by atoms with Gasteiger partial charge in [-0.25, -0.2) is 0 Å². The van der Waals surface area contributed by atoms with E-state index in [1.54, 1.807) is 22.1 Å². The second kappa shape index (κ2) is 7.08.